The lowest BCUT2D eigenvalue weighted by Crippen LogP contribution is -2.47. The summed E-state index contributed by atoms with van der Waals surface area (Å²) in [6.45, 7) is 5.69. The van der Waals surface area contributed by atoms with E-state index in [-0.39, 0.29) is 5.91 Å². The van der Waals surface area contributed by atoms with Crippen molar-refractivity contribution in [3.63, 3.8) is 0 Å². The van der Waals surface area contributed by atoms with E-state index >= 15 is 0 Å². The Labute approximate surface area is 199 Å². The predicted octanol–water partition coefficient (Wildman–Crippen LogP) is 3.65. The number of hydrogen-bond donors (Lipinski definition) is 1. The van der Waals surface area contributed by atoms with Gasteiger partial charge < -0.3 is 15.0 Å². The molecule has 1 aliphatic rings. The largest absolute Gasteiger partial charge is 0.488 e. The van der Waals surface area contributed by atoms with Crippen molar-refractivity contribution in [2.24, 2.45) is 0 Å². The molecule has 0 unspecified atom stereocenters. The van der Waals surface area contributed by atoms with Gasteiger partial charge in [-0.05, 0) is 48.9 Å². The maximum absolute atomic E-state index is 12.7. The van der Waals surface area contributed by atoms with Crippen LogP contribution >= 0.6 is 11.6 Å². The topological polar surface area (TPSA) is 70.6 Å². The number of rotatable bonds is 9. The number of piperazine rings is 1. The molecule has 7 nitrogen and oxygen atoms in total. The zero-order valence-corrected chi connectivity index (χ0v) is 19.2. The molecule has 2 aromatic carbocycles. The summed E-state index contributed by atoms with van der Waals surface area (Å²) in [4.78, 5) is 26.0. The Morgan fingerprint density at radius 2 is 1.70 bits per heavy atom. The van der Waals surface area contributed by atoms with Crippen molar-refractivity contribution in [1.82, 2.24) is 20.2 Å². The highest BCUT2D eigenvalue weighted by molar-refractivity contribution is 6.30. The van der Waals surface area contributed by atoms with E-state index in [1.807, 2.05) is 48.5 Å². The summed E-state index contributed by atoms with van der Waals surface area (Å²) in [6, 6.07) is 16.6. The summed E-state index contributed by atoms with van der Waals surface area (Å²) in [5.74, 6) is 1.25. The van der Waals surface area contributed by atoms with Crippen LogP contribution < -0.4 is 15.0 Å². The molecule has 3 aromatic rings. The molecule has 0 radical (unpaired) electrons. The van der Waals surface area contributed by atoms with E-state index in [1.54, 1.807) is 18.5 Å². The van der Waals surface area contributed by atoms with Gasteiger partial charge in [0.25, 0.3) is 5.91 Å². The smallest absolute Gasteiger partial charge is 0.255 e. The highest BCUT2D eigenvalue weighted by Gasteiger charge is 2.18. The summed E-state index contributed by atoms with van der Waals surface area (Å²) in [5, 5.41) is 3.71. The molecule has 33 heavy (non-hydrogen) atoms. The number of nitrogens with zero attached hydrogens (tertiary/aromatic N) is 4. The van der Waals surface area contributed by atoms with Gasteiger partial charge in [-0.3, -0.25) is 9.69 Å². The molecule has 1 amide bonds. The van der Waals surface area contributed by atoms with Crippen LogP contribution in [0, 0.1) is 0 Å². The number of aromatic nitrogens is 2. The summed E-state index contributed by atoms with van der Waals surface area (Å²) < 4.78 is 5.91. The number of hydrogen-bond acceptors (Lipinski definition) is 6. The van der Waals surface area contributed by atoms with Crippen molar-refractivity contribution < 1.29 is 9.53 Å². The third-order valence-corrected chi connectivity index (χ3v) is 5.84. The second-order valence-electron chi connectivity index (χ2n) is 7.90. The molecular formula is C25H28ClN5O2. The number of carbonyl (C=O) groups is 1. The zero-order valence-electron chi connectivity index (χ0n) is 18.5. The van der Waals surface area contributed by atoms with Crippen molar-refractivity contribution in [3.8, 4) is 5.75 Å². The van der Waals surface area contributed by atoms with Gasteiger partial charge in [0, 0.05) is 50.1 Å². The summed E-state index contributed by atoms with van der Waals surface area (Å²) >= 11 is 5.93. The lowest BCUT2D eigenvalue weighted by molar-refractivity contribution is 0.0947. The first-order valence-corrected chi connectivity index (χ1v) is 11.6. The van der Waals surface area contributed by atoms with E-state index in [0.717, 1.165) is 50.7 Å². The number of anilines is 1. The first-order valence-electron chi connectivity index (χ1n) is 11.2. The molecule has 0 spiro atoms. The fourth-order valence-corrected chi connectivity index (χ4v) is 3.87. The maximum Gasteiger partial charge on any atom is 0.255 e. The van der Waals surface area contributed by atoms with Gasteiger partial charge in [-0.2, -0.15) is 0 Å². The van der Waals surface area contributed by atoms with Crippen LogP contribution in [0.5, 0.6) is 5.75 Å². The Hall–Kier alpha value is -3.16. The highest BCUT2D eigenvalue weighted by atomic mass is 35.5. The molecule has 4 rings (SSSR count). The van der Waals surface area contributed by atoms with Gasteiger partial charge in [-0.1, -0.05) is 35.9 Å². The van der Waals surface area contributed by atoms with Gasteiger partial charge in [-0.25, -0.2) is 9.97 Å². The quantitative estimate of drug-likeness (QED) is 0.486. The van der Waals surface area contributed by atoms with E-state index in [0.29, 0.717) is 29.5 Å². The highest BCUT2D eigenvalue weighted by Crippen LogP contribution is 2.20. The average Bonchev–Trinajstić information content (AvgIpc) is 2.87. The first kappa shape index (κ1) is 23.0. The standard InChI is InChI=1S/C25H28ClN5O2/c26-21-9-7-20(8-10-21)19-33-23-6-2-1-5-22(23)24(32)27-13-4-14-30-15-17-31(18-16-30)25-28-11-3-12-29-25/h1-3,5-12H,4,13-19H2,(H,27,32). The van der Waals surface area contributed by atoms with Crippen molar-refractivity contribution in [2.75, 3.05) is 44.2 Å². The third-order valence-electron chi connectivity index (χ3n) is 5.58. The lowest BCUT2D eigenvalue weighted by Gasteiger charge is -2.34. The van der Waals surface area contributed by atoms with E-state index in [2.05, 4.69) is 25.1 Å². The number of ether oxygens (including phenoxy) is 1. The number of amides is 1. The van der Waals surface area contributed by atoms with Gasteiger partial charge in [0.2, 0.25) is 5.95 Å². The van der Waals surface area contributed by atoms with Crippen LogP contribution in [0.2, 0.25) is 5.02 Å². The summed E-state index contributed by atoms with van der Waals surface area (Å²) in [7, 11) is 0. The minimum absolute atomic E-state index is 0.118. The van der Waals surface area contributed by atoms with Crippen LogP contribution in [-0.2, 0) is 6.61 Å². The molecule has 1 N–H and O–H groups in total. The third kappa shape index (κ3) is 6.66. The summed E-state index contributed by atoms with van der Waals surface area (Å²) in [6.07, 6.45) is 4.44. The van der Waals surface area contributed by atoms with Gasteiger partial charge >= 0.3 is 0 Å². The predicted molar refractivity (Wildman–Crippen MR) is 130 cm³/mol. The van der Waals surface area contributed by atoms with Crippen LogP contribution in [0.1, 0.15) is 22.3 Å². The van der Waals surface area contributed by atoms with E-state index in [1.165, 1.54) is 0 Å². The van der Waals surface area contributed by atoms with Crippen LogP contribution in [0.3, 0.4) is 0 Å². The molecule has 0 bridgehead atoms. The first-order chi connectivity index (χ1) is 16.2. The van der Waals surface area contributed by atoms with Crippen molar-refractivity contribution in [1.29, 1.82) is 0 Å². The Balaban J connectivity index is 1.19. The van der Waals surface area contributed by atoms with Gasteiger partial charge in [0.15, 0.2) is 0 Å². The Kier molecular flexibility index (Phi) is 8.11. The minimum Gasteiger partial charge on any atom is -0.488 e. The fraction of sp³-hybridized carbons (Fsp3) is 0.320. The second kappa shape index (κ2) is 11.6. The van der Waals surface area contributed by atoms with Gasteiger partial charge in [0.1, 0.15) is 12.4 Å². The average molecular weight is 466 g/mol. The Morgan fingerprint density at radius 3 is 2.45 bits per heavy atom. The van der Waals surface area contributed by atoms with E-state index in [9.17, 15) is 4.79 Å². The maximum atomic E-state index is 12.7. The second-order valence-corrected chi connectivity index (χ2v) is 8.33. The molecule has 0 atom stereocenters. The molecule has 1 aromatic heterocycles. The molecule has 172 valence electrons. The normalized spacial score (nSPS) is 14.2. The number of halogens is 1. The monoisotopic (exact) mass is 465 g/mol. The van der Waals surface area contributed by atoms with E-state index in [4.69, 9.17) is 16.3 Å². The SMILES string of the molecule is O=C(NCCCN1CCN(c2ncccn2)CC1)c1ccccc1OCc1ccc(Cl)cc1. The lowest BCUT2D eigenvalue weighted by atomic mass is 10.2. The number of para-hydroxylation sites is 1. The van der Waals surface area contributed by atoms with Crippen molar-refractivity contribution in [3.05, 3.63) is 83.1 Å². The van der Waals surface area contributed by atoms with Crippen molar-refractivity contribution in [2.45, 2.75) is 13.0 Å². The van der Waals surface area contributed by atoms with Gasteiger partial charge in [-0.15, -0.1) is 0 Å². The minimum atomic E-state index is -0.118. The molecular weight excluding hydrogens is 438 g/mol. The molecule has 1 aliphatic heterocycles. The molecule has 8 heteroatoms. The molecule has 1 fully saturated rings. The summed E-state index contributed by atoms with van der Waals surface area (Å²) in [5.41, 5.74) is 1.54. The molecule has 0 aliphatic carbocycles. The fourth-order valence-electron chi connectivity index (χ4n) is 3.75. The number of nitrogens with one attached hydrogen (secondary N) is 1. The van der Waals surface area contributed by atoms with Crippen LogP contribution in [0.4, 0.5) is 5.95 Å². The number of benzene rings is 2. The van der Waals surface area contributed by atoms with Gasteiger partial charge in [0.05, 0.1) is 5.56 Å². The van der Waals surface area contributed by atoms with E-state index < -0.39 is 0 Å². The molecule has 0 saturated carbocycles. The molecule has 2 heterocycles. The zero-order chi connectivity index (χ0) is 22.9. The molecule has 1 saturated heterocycles. The number of carbonyl (C=O) groups excluding carboxylic acids is 1. The van der Waals surface area contributed by atoms with Crippen LogP contribution in [0.25, 0.3) is 0 Å². The van der Waals surface area contributed by atoms with Crippen LogP contribution in [0.15, 0.2) is 67.0 Å². The van der Waals surface area contributed by atoms with Crippen LogP contribution in [-0.4, -0.2) is 60.0 Å². The van der Waals surface area contributed by atoms with Crippen molar-refractivity contribution >= 4 is 23.5 Å². The Morgan fingerprint density at radius 1 is 0.970 bits per heavy atom. The Bertz CT molecular complexity index is 1020.